The van der Waals surface area contributed by atoms with Crippen LogP contribution < -0.4 is 19.1 Å². The first kappa shape index (κ1) is 16.7. The topological polar surface area (TPSA) is 84.9 Å². The molecule has 2 aliphatic rings. The highest BCUT2D eigenvalue weighted by Gasteiger charge is 2.28. The van der Waals surface area contributed by atoms with E-state index in [9.17, 15) is 13.2 Å². The lowest BCUT2D eigenvalue weighted by molar-refractivity contribution is 0.102. The number of anilines is 2. The van der Waals surface area contributed by atoms with Crippen LogP contribution >= 0.6 is 0 Å². The van der Waals surface area contributed by atoms with E-state index in [0.29, 0.717) is 54.6 Å². The summed E-state index contributed by atoms with van der Waals surface area (Å²) in [5.74, 6) is 1.08. The molecule has 2 aliphatic heterocycles. The third kappa shape index (κ3) is 3.20. The highest BCUT2D eigenvalue weighted by Crippen LogP contribution is 2.31. The largest absolute Gasteiger partial charge is 0.486 e. The van der Waals surface area contributed by atoms with Gasteiger partial charge in [-0.2, -0.15) is 0 Å². The zero-order valence-electron chi connectivity index (χ0n) is 14.0. The SMILES string of the molecule is O=C(Nc1ccc(N2CCCS2(=O)=O)cc1)c1ccc2c(c1)OCCO2. The van der Waals surface area contributed by atoms with Gasteiger partial charge in [0.2, 0.25) is 10.0 Å². The molecule has 8 heteroatoms. The molecule has 1 saturated heterocycles. The molecule has 1 fully saturated rings. The number of rotatable bonds is 3. The lowest BCUT2D eigenvalue weighted by atomic mass is 10.1. The van der Waals surface area contributed by atoms with Gasteiger partial charge >= 0.3 is 0 Å². The van der Waals surface area contributed by atoms with Crippen LogP contribution in [0.15, 0.2) is 42.5 Å². The van der Waals surface area contributed by atoms with Crippen LogP contribution in [-0.2, 0) is 10.0 Å². The minimum absolute atomic E-state index is 0.176. The number of nitrogens with one attached hydrogen (secondary N) is 1. The van der Waals surface area contributed by atoms with E-state index >= 15 is 0 Å². The summed E-state index contributed by atoms with van der Waals surface area (Å²) in [6.07, 6.45) is 0.630. The molecule has 2 aromatic rings. The fourth-order valence-corrected chi connectivity index (χ4v) is 4.59. The molecule has 0 unspecified atom stereocenters. The number of amides is 1. The Morgan fingerprint density at radius 1 is 1.00 bits per heavy atom. The van der Waals surface area contributed by atoms with Crippen LogP contribution in [0.3, 0.4) is 0 Å². The third-order valence-corrected chi connectivity index (χ3v) is 6.19. The van der Waals surface area contributed by atoms with Crippen LogP contribution in [0.1, 0.15) is 16.8 Å². The smallest absolute Gasteiger partial charge is 0.255 e. The number of ether oxygens (including phenoxy) is 2. The van der Waals surface area contributed by atoms with Crippen molar-refractivity contribution in [3.8, 4) is 11.5 Å². The van der Waals surface area contributed by atoms with Crippen LogP contribution in [0.2, 0.25) is 0 Å². The van der Waals surface area contributed by atoms with E-state index in [1.807, 2.05) is 0 Å². The summed E-state index contributed by atoms with van der Waals surface area (Å²) in [6.45, 7) is 1.45. The van der Waals surface area contributed by atoms with Gasteiger partial charge in [-0.05, 0) is 48.9 Å². The Balaban J connectivity index is 1.48. The molecule has 1 N–H and O–H groups in total. The molecule has 0 spiro atoms. The Morgan fingerprint density at radius 2 is 1.73 bits per heavy atom. The molecular weight excluding hydrogens is 356 g/mol. The van der Waals surface area contributed by atoms with Crippen LogP contribution in [0.4, 0.5) is 11.4 Å². The Labute approximate surface area is 151 Å². The first-order chi connectivity index (χ1) is 12.5. The fourth-order valence-electron chi connectivity index (χ4n) is 3.03. The van der Waals surface area contributed by atoms with Gasteiger partial charge in [-0.1, -0.05) is 0 Å². The number of hydrogen-bond donors (Lipinski definition) is 1. The number of sulfonamides is 1. The van der Waals surface area contributed by atoms with E-state index in [4.69, 9.17) is 9.47 Å². The summed E-state index contributed by atoms with van der Waals surface area (Å²) in [5.41, 5.74) is 1.66. The van der Waals surface area contributed by atoms with E-state index in [1.54, 1.807) is 42.5 Å². The number of carbonyl (C=O) groups is 1. The summed E-state index contributed by atoms with van der Waals surface area (Å²) in [4.78, 5) is 12.4. The first-order valence-corrected chi connectivity index (χ1v) is 9.95. The van der Waals surface area contributed by atoms with Crippen LogP contribution in [0, 0.1) is 0 Å². The molecule has 2 heterocycles. The fraction of sp³-hybridized carbons (Fsp3) is 0.278. The van der Waals surface area contributed by atoms with Crippen LogP contribution in [-0.4, -0.2) is 39.8 Å². The minimum atomic E-state index is -3.21. The summed E-state index contributed by atoms with van der Waals surface area (Å²) >= 11 is 0. The molecule has 0 radical (unpaired) electrons. The second-order valence-electron chi connectivity index (χ2n) is 6.10. The summed E-state index contributed by atoms with van der Waals surface area (Å²) < 4.78 is 36.3. The lowest BCUT2D eigenvalue weighted by Crippen LogP contribution is -2.25. The van der Waals surface area contributed by atoms with Crippen molar-refractivity contribution in [1.82, 2.24) is 0 Å². The monoisotopic (exact) mass is 374 g/mol. The van der Waals surface area contributed by atoms with Crippen molar-refractivity contribution >= 4 is 27.3 Å². The van der Waals surface area contributed by atoms with Gasteiger partial charge in [0.1, 0.15) is 13.2 Å². The lowest BCUT2D eigenvalue weighted by Gasteiger charge is -2.19. The Kier molecular flexibility index (Phi) is 4.20. The molecule has 4 rings (SSSR count). The highest BCUT2D eigenvalue weighted by atomic mass is 32.2. The molecule has 0 aromatic heterocycles. The molecule has 26 heavy (non-hydrogen) atoms. The van der Waals surface area contributed by atoms with E-state index in [-0.39, 0.29) is 11.7 Å². The van der Waals surface area contributed by atoms with E-state index in [2.05, 4.69) is 5.32 Å². The summed E-state index contributed by atoms with van der Waals surface area (Å²) in [5, 5.41) is 2.80. The van der Waals surface area contributed by atoms with Crippen molar-refractivity contribution in [2.24, 2.45) is 0 Å². The number of benzene rings is 2. The second kappa shape index (κ2) is 6.53. The molecule has 2 aromatic carbocycles. The highest BCUT2D eigenvalue weighted by molar-refractivity contribution is 7.93. The van der Waals surface area contributed by atoms with E-state index < -0.39 is 10.0 Å². The Hall–Kier alpha value is -2.74. The predicted octanol–water partition coefficient (Wildman–Crippen LogP) is 2.25. The molecule has 0 aliphatic carbocycles. The summed E-state index contributed by atoms with van der Waals surface area (Å²) in [6, 6.07) is 11.8. The van der Waals surface area contributed by atoms with Crippen molar-refractivity contribution in [2.75, 3.05) is 35.1 Å². The molecule has 0 atom stereocenters. The van der Waals surface area contributed by atoms with Gasteiger partial charge in [0.15, 0.2) is 11.5 Å². The standard InChI is InChI=1S/C18H18N2O5S/c21-18(13-2-7-16-17(12-13)25-10-9-24-16)19-14-3-5-15(6-4-14)20-8-1-11-26(20,22)23/h2-7,12H,1,8-11H2,(H,19,21). The van der Waals surface area contributed by atoms with Crippen molar-refractivity contribution in [3.05, 3.63) is 48.0 Å². The summed E-state index contributed by atoms with van der Waals surface area (Å²) in [7, 11) is -3.21. The van der Waals surface area contributed by atoms with Gasteiger partial charge in [-0.3, -0.25) is 9.10 Å². The average Bonchev–Trinajstić information content (AvgIpc) is 3.01. The normalized spacial score (nSPS) is 17.8. The van der Waals surface area contributed by atoms with Gasteiger partial charge in [-0.15, -0.1) is 0 Å². The quantitative estimate of drug-likeness (QED) is 0.891. The Morgan fingerprint density at radius 3 is 2.42 bits per heavy atom. The Bertz CT molecular complexity index is 941. The predicted molar refractivity (Wildman–Crippen MR) is 97.6 cm³/mol. The van der Waals surface area contributed by atoms with Crippen molar-refractivity contribution in [2.45, 2.75) is 6.42 Å². The number of hydrogen-bond acceptors (Lipinski definition) is 5. The number of carbonyl (C=O) groups excluding carboxylic acids is 1. The molecular formula is C18H18N2O5S. The first-order valence-electron chi connectivity index (χ1n) is 8.34. The van der Waals surface area contributed by atoms with Gasteiger partial charge in [-0.25, -0.2) is 8.42 Å². The maximum absolute atomic E-state index is 12.4. The average molecular weight is 374 g/mol. The second-order valence-corrected chi connectivity index (χ2v) is 8.11. The van der Waals surface area contributed by atoms with Crippen molar-refractivity contribution in [1.29, 1.82) is 0 Å². The zero-order chi connectivity index (χ0) is 18.1. The molecule has 0 saturated carbocycles. The number of nitrogens with zero attached hydrogens (tertiary/aromatic N) is 1. The third-order valence-electron chi connectivity index (χ3n) is 4.32. The maximum Gasteiger partial charge on any atom is 0.255 e. The van der Waals surface area contributed by atoms with Crippen LogP contribution in [0.5, 0.6) is 11.5 Å². The van der Waals surface area contributed by atoms with E-state index in [1.165, 1.54) is 4.31 Å². The van der Waals surface area contributed by atoms with Gasteiger partial charge in [0, 0.05) is 17.8 Å². The van der Waals surface area contributed by atoms with E-state index in [0.717, 1.165) is 0 Å². The molecule has 136 valence electrons. The van der Waals surface area contributed by atoms with Gasteiger partial charge in [0.05, 0.1) is 11.4 Å². The zero-order valence-corrected chi connectivity index (χ0v) is 14.8. The minimum Gasteiger partial charge on any atom is -0.486 e. The molecule has 1 amide bonds. The molecule has 7 nitrogen and oxygen atoms in total. The van der Waals surface area contributed by atoms with Gasteiger partial charge in [0.25, 0.3) is 5.91 Å². The van der Waals surface area contributed by atoms with Gasteiger partial charge < -0.3 is 14.8 Å². The van der Waals surface area contributed by atoms with Crippen molar-refractivity contribution < 1.29 is 22.7 Å². The van der Waals surface area contributed by atoms with Crippen LogP contribution in [0.25, 0.3) is 0 Å². The number of fused-ring (bicyclic) bond motifs is 1. The van der Waals surface area contributed by atoms with Crippen molar-refractivity contribution in [3.63, 3.8) is 0 Å². The molecule has 0 bridgehead atoms. The maximum atomic E-state index is 12.4.